The molecule has 3 N–H and O–H groups in total. The van der Waals surface area contributed by atoms with Crippen molar-refractivity contribution < 1.29 is 17.9 Å². The highest BCUT2D eigenvalue weighted by atomic mass is 32.2. The lowest BCUT2D eigenvalue weighted by Gasteiger charge is -2.20. The van der Waals surface area contributed by atoms with E-state index in [2.05, 4.69) is 14.9 Å². The van der Waals surface area contributed by atoms with Crippen LogP contribution in [0.25, 0.3) is 22.0 Å². The van der Waals surface area contributed by atoms with Crippen LogP contribution in [0.1, 0.15) is 39.2 Å². The van der Waals surface area contributed by atoms with Crippen molar-refractivity contribution in [3.8, 4) is 11.3 Å². The standard InChI is InChI=1S/C22H26N4O5S/c1-14(13-23-32(29,30)26-21(28)31-22(2,3)4)15-9-11-16(12-10-15)19-17-7-5-6-8-18(17)20(27)25-24-19/h5-12,14,23H,13H2,1-4H3,(H,25,27)(H,26,28). The number of nitrogens with one attached hydrogen (secondary N) is 3. The summed E-state index contributed by atoms with van der Waals surface area (Å²) in [7, 11) is -4.05. The molecule has 2 aromatic carbocycles. The molecule has 0 bridgehead atoms. The Bertz CT molecular complexity index is 1280. The third kappa shape index (κ3) is 5.92. The van der Waals surface area contributed by atoms with Gasteiger partial charge in [-0.05, 0) is 38.3 Å². The van der Waals surface area contributed by atoms with Crippen molar-refractivity contribution in [1.29, 1.82) is 0 Å². The summed E-state index contributed by atoms with van der Waals surface area (Å²) in [5, 5.41) is 8.02. The zero-order valence-corrected chi connectivity index (χ0v) is 19.1. The molecule has 1 unspecified atom stereocenters. The normalized spacial score (nSPS) is 13.0. The first kappa shape index (κ1) is 23.4. The van der Waals surface area contributed by atoms with Crippen LogP contribution in [-0.4, -0.2) is 36.9 Å². The van der Waals surface area contributed by atoms with E-state index in [1.165, 1.54) is 0 Å². The number of ether oxygens (including phenoxy) is 1. The van der Waals surface area contributed by atoms with E-state index < -0.39 is 21.9 Å². The number of aromatic amines is 1. The lowest BCUT2D eigenvalue weighted by Crippen LogP contribution is -2.43. The molecule has 9 nitrogen and oxygen atoms in total. The highest BCUT2D eigenvalue weighted by Crippen LogP contribution is 2.26. The number of aromatic nitrogens is 2. The van der Waals surface area contributed by atoms with Crippen LogP contribution in [0.5, 0.6) is 0 Å². The quantitative estimate of drug-likeness (QED) is 0.520. The van der Waals surface area contributed by atoms with Crippen LogP contribution in [0.3, 0.4) is 0 Å². The van der Waals surface area contributed by atoms with Gasteiger partial charge in [0.1, 0.15) is 5.60 Å². The van der Waals surface area contributed by atoms with Crippen molar-refractivity contribution in [2.24, 2.45) is 0 Å². The Morgan fingerprint density at radius 1 is 1.09 bits per heavy atom. The maximum Gasteiger partial charge on any atom is 0.422 e. The number of hydrogen-bond donors (Lipinski definition) is 3. The predicted octanol–water partition coefficient (Wildman–Crippen LogP) is 3.05. The monoisotopic (exact) mass is 458 g/mol. The fourth-order valence-electron chi connectivity index (χ4n) is 3.10. The summed E-state index contributed by atoms with van der Waals surface area (Å²) in [6, 6.07) is 14.7. The zero-order chi connectivity index (χ0) is 23.5. The molecule has 3 aromatic rings. The second-order valence-corrected chi connectivity index (χ2v) is 9.93. The van der Waals surface area contributed by atoms with Crippen molar-refractivity contribution in [2.75, 3.05) is 6.54 Å². The molecule has 0 saturated heterocycles. The molecule has 1 aromatic heterocycles. The average Bonchev–Trinajstić information content (AvgIpc) is 2.71. The summed E-state index contributed by atoms with van der Waals surface area (Å²) in [6.45, 7) is 6.87. The Morgan fingerprint density at radius 3 is 2.34 bits per heavy atom. The Hall–Kier alpha value is -3.24. The molecule has 0 aliphatic heterocycles. The van der Waals surface area contributed by atoms with Crippen LogP contribution in [0.15, 0.2) is 53.3 Å². The van der Waals surface area contributed by atoms with Crippen molar-refractivity contribution in [3.63, 3.8) is 0 Å². The van der Waals surface area contributed by atoms with E-state index in [-0.39, 0.29) is 18.0 Å². The van der Waals surface area contributed by atoms with Crippen molar-refractivity contribution in [1.82, 2.24) is 19.6 Å². The highest BCUT2D eigenvalue weighted by Gasteiger charge is 2.21. The average molecular weight is 459 g/mol. The molecule has 1 heterocycles. The molecule has 32 heavy (non-hydrogen) atoms. The molecular weight excluding hydrogens is 432 g/mol. The molecule has 170 valence electrons. The highest BCUT2D eigenvalue weighted by molar-refractivity contribution is 7.88. The van der Waals surface area contributed by atoms with Crippen LogP contribution in [0.2, 0.25) is 0 Å². The second kappa shape index (κ2) is 9.09. The lowest BCUT2D eigenvalue weighted by molar-refractivity contribution is 0.0569. The summed E-state index contributed by atoms with van der Waals surface area (Å²) in [4.78, 5) is 23.7. The van der Waals surface area contributed by atoms with Gasteiger partial charge in [-0.1, -0.05) is 49.4 Å². The van der Waals surface area contributed by atoms with E-state index in [4.69, 9.17) is 4.74 Å². The number of amides is 1. The molecule has 0 saturated carbocycles. The Kier molecular flexibility index (Phi) is 6.65. The van der Waals surface area contributed by atoms with E-state index >= 15 is 0 Å². The maximum absolute atomic E-state index is 12.1. The van der Waals surface area contributed by atoms with Crippen molar-refractivity contribution in [2.45, 2.75) is 39.2 Å². The van der Waals surface area contributed by atoms with E-state index in [1.807, 2.05) is 48.0 Å². The first-order valence-electron chi connectivity index (χ1n) is 10.0. The summed E-state index contributed by atoms with van der Waals surface area (Å²) in [6.07, 6.45) is -1.04. The van der Waals surface area contributed by atoms with Crippen LogP contribution >= 0.6 is 0 Å². The summed E-state index contributed by atoms with van der Waals surface area (Å²) in [5.41, 5.74) is 1.31. The van der Waals surface area contributed by atoms with Crippen LogP contribution < -0.4 is 15.0 Å². The molecule has 0 radical (unpaired) electrons. The smallest absolute Gasteiger partial charge is 0.422 e. The Balaban J connectivity index is 1.69. The first-order chi connectivity index (χ1) is 15.0. The zero-order valence-electron chi connectivity index (χ0n) is 18.3. The molecule has 3 rings (SSSR count). The van der Waals surface area contributed by atoms with Gasteiger partial charge in [-0.3, -0.25) is 4.79 Å². The van der Waals surface area contributed by atoms with E-state index in [1.54, 1.807) is 32.9 Å². The number of carbonyl (C=O) groups excluding carboxylic acids is 1. The van der Waals surface area contributed by atoms with Gasteiger partial charge >= 0.3 is 16.3 Å². The summed E-state index contributed by atoms with van der Waals surface area (Å²) < 4.78 is 33.3. The van der Waals surface area contributed by atoms with Crippen molar-refractivity contribution in [3.05, 3.63) is 64.4 Å². The number of fused-ring (bicyclic) bond motifs is 1. The van der Waals surface area contributed by atoms with Gasteiger partial charge in [0.25, 0.3) is 5.56 Å². The van der Waals surface area contributed by atoms with Crippen LogP contribution in [0.4, 0.5) is 4.79 Å². The number of carbonyl (C=O) groups is 1. The maximum atomic E-state index is 12.1. The fraction of sp³-hybridized carbons (Fsp3) is 0.318. The topological polar surface area (TPSA) is 130 Å². The Labute approximate surface area is 186 Å². The molecule has 0 fully saturated rings. The van der Waals surface area contributed by atoms with Gasteiger partial charge in [-0.15, -0.1) is 0 Å². The van der Waals surface area contributed by atoms with Crippen LogP contribution in [0, 0.1) is 0 Å². The molecule has 0 aliphatic rings. The van der Waals surface area contributed by atoms with Gasteiger partial charge in [0.05, 0.1) is 11.1 Å². The first-order valence-corrected chi connectivity index (χ1v) is 11.5. The molecule has 1 amide bonds. The van der Waals surface area contributed by atoms with Gasteiger partial charge in [0.2, 0.25) is 0 Å². The summed E-state index contributed by atoms with van der Waals surface area (Å²) >= 11 is 0. The summed E-state index contributed by atoms with van der Waals surface area (Å²) in [5.74, 6) is -0.167. The minimum atomic E-state index is -4.05. The lowest BCUT2D eigenvalue weighted by atomic mass is 9.98. The molecule has 10 heteroatoms. The molecular formula is C22H26N4O5S. The van der Waals surface area contributed by atoms with E-state index in [0.29, 0.717) is 11.1 Å². The van der Waals surface area contributed by atoms with Gasteiger partial charge in [0.15, 0.2) is 0 Å². The van der Waals surface area contributed by atoms with Gasteiger partial charge in [-0.2, -0.15) is 18.2 Å². The molecule has 0 aliphatic carbocycles. The second-order valence-electron chi connectivity index (χ2n) is 8.43. The van der Waals surface area contributed by atoms with E-state index in [0.717, 1.165) is 16.5 Å². The van der Waals surface area contributed by atoms with Gasteiger partial charge < -0.3 is 4.74 Å². The third-order valence-corrected chi connectivity index (χ3v) is 5.63. The van der Waals surface area contributed by atoms with Crippen molar-refractivity contribution >= 4 is 27.1 Å². The molecule has 0 spiro atoms. The SMILES string of the molecule is CC(CNS(=O)(=O)NC(=O)OC(C)(C)C)c1ccc(-c2n[nH]c(=O)c3ccccc23)cc1. The number of H-pyrrole nitrogens is 1. The van der Waals surface area contributed by atoms with Gasteiger partial charge in [-0.25, -0.2) is 14.6 Å². The number of nitrogens with zero attached hydrogens (tertiary/aromatic N) is 1. The molecule has 1 atom stereocenters. The van der Waals surface area contributed by atoms with Gasteiger partial charge in [0, 0.05) is 17.5 Å². The largest absolute Gasteiger partial charge is 0.443 e. The minimum absolute atomic E-state index is 0.0807. The van der Waals surface area contributed by atoms with E-state index in [9.17, 15) is 18.0 Å². The van der Waals surface area contributed by atoms with Crippen LogP contribution in [-0.2, 0) is 14.9 Å². The number of hydrogen-bond acceptors (Lipinski definition) is 6. The fourth-order valence-corrected chi connectivity index (χ4v) is 3.90. The Morgan fingerprint density at radius 2 is 1.72 bits per heavy atom. The predicted molar refractivity (Wildman–Crippen MR) is 123 cm³/mol. The number of benzene rings is 2. The number of rotatable bonds is 6. The third-order valence-electron chi connectivity index (χ3n) is 4.65. The minimum Gasteiger partial charge on any atom is -0.443 e.